The standard InChI is InChI=1S/C19H32N4O2/c1-5-9-21-19(20-6-2)22-15-7-10-23(11-8-15)16-12-17(24-3)14-18(13-16)25-4/h12-15H,5-11H2,1-4H3,(H2,20,21,22). The highest BCUT2D eigenvalue weighted by Gasteiger charge is 2.21. The minimum Gasteiger partial charge on any atom is -0.497 e. The molecule has 6 heteroatoms. The number of aliphatic imine (C=N–C) groups is 1. The number of anilines is 1. The van der Waals surface area contributed by atoms with Crippen LogP contribution in [0.3, 0.4) is 0 Å². The minimum atomic E-state index is 0.457. The molecule has 1 saturated heterocycles. The highest BCUT2D eigenvalue weighted by atomic mass is 16.5. The van der Waals surface area contributed by atoms with Crippen molar-refractivity contribution in [3.05, 3.63) is 18.2 Å². The third-order valence-electron chi connectivity index (χ3n) is 4.37. The molecular formula is C19H32N4O2. The Balaban J connectivity index is 1.95. The summed E-state index contributed by atoms with van der Waals surface area (Å²) < 4.78 is 10.8. The smallest absolute Gasteiger partial charge is 0.191 e. The Kier molecular flexibility index (Phi) is 7.70. The van der Waals surface area contributed by atoms with E-state index in [4.69, 9.17) is 9.47 Å². The van der Waals surface area contributed by atoms with Gasteiger partial charge < -0.3 is 25.0 Å². The normalized spacial score (nSPS) is 15.8. The molecule has 1 heterocycles. The van der Waals surface area contributed by atoms with Crippen molar-refractivity contribution in [2.24, 2.45) is 4.99 Å². The highest BCUT2D eigenvalue weighted by Crippen LogP contribution is 2.30. The first kappa shape index (κ1) is 19.2. The van der Waals surface area contributed by atoms with Crippen LogP contribution in [0.15, 0.2) is 23.2 Å². The molecule has 1 aliphatic rings. The van der Waals surface area contributed by atoms with E-state index in [1.807, 2.05) is 6.07 Å². The molecule has 25 heavy (non-hydrogen) atoms. The van der Waals surface area contributed by atoms with E-state index in [9.17, 15) is 0 Å². The summed E-state index contributed by atoms with van der Waals surface area (Å²) in [6.07, 6.45) is 3.22. The van der Waals surface area contributed by atoms with Crippen LogP contribution in [0.5, 0.6) is 11.5 Å². The van der Waals surface area contributed by atoms with Gasteiger partial charge in [-0.1, -0.05) is 6.92 Å². The van der Waals surface area contributed by atoms with Crippen molar-refractivity contribution < 1.29 is 9.47 Å². The Labute approximate surface area is 151 Å². The predicted octanol–water partition coefficient (Wildman–Crippen LogP) is 2.64. The van der Waals surface area contributed by atoms with Gasteiger partial charge in [-0.15, -0.1) is 0 Å². The molecule has 1 aromatic carbocycles. The average Bonchev–Trinajstić information content (AvgIpc) is 2.66. The van der Waals surface area contributed by atoms with Crippen LogP contribution in [-0.2, 0) is 0 Å². The van der Waals surface area contributed by atoms with E-state index < -0.39 is 0 Å². The number of methoxy groups -OCH3 is 2. The van der Waals surface area contributed by atoms with Gasteiger partial charge in [0.15, 0.2) is 5.96 Å². The molecule has 0 bridgehead atoms. The summed E-state index contributed by atoms with van der Waals surface area (Å²) in [6, 6.07) is 6.51. The van der Waals surface area contributed by atoms with E-state index >= 15 is 0 Å². The second-order valence-electron chi connectivity index (χ2n) is 6.24. The zero-order valence-corrected chi connectivity index (χ0v) is 16.0. The molecule has 0 saturated carbocycles. The fraction of sp³-hybridized carbons (Fsp3) is 0.632. The maximum absolute atomic E-state index is 5.38. The van der Waals surface area contributed by atoms with E-state index in [1.54, 1.807) is 14.2 Å². The van der Waals surface area contributed by atoms with Gasteiger partial charge in [0.1, 0.15) is 11.5 Å². The molecule has 1 fully saturated rings. The molecule has 140 valence electrons. The van der Waals surface area contributed by atoms with Gasteiger partial charge in [-0.3, -0.25) is 4.99 Å². The van der Waals surface area contributed by atoms with Gasteiger partial charge in [-0.05, 0) is 26.2 Å². The molecule has 0 amide bonds. The third kappa shape index (κ3) is 5.73. The van der Waals surface area contributed by atoms with Crippen molar-refractivity contribution in [2.75, 3.05) is 45.3 Å². The Morgan fingerprint density at radius 1 is 1.12 bits per heavy atom. The Bertz CT molecular complexity index is 532. The zero-order chi connectivity index (χ0) is 18.1. The second-order valence-corrected chi connectivity index (χ2v) is 6.24. The first-order chi connectivity index (χ1) is 12.2. The molecule has 6 nitrogen and oxygen atoms in total. The molecule has 0 unspecified atom stereocenters. The summed E-state index contributed by atoms with van der Waals surface area (Å²) in [5.41, 5.74) is 1.15. The first-order valence-corrected chi connectivity index (χ1v) is 9.23. The van der Waals surface area contributed by atoms with Gasteiger partial charge in [0, 0.05) is 56.1 Å². The summed E-state index contributed by atoms with van der Waals surface area (Å²) in [5, 5.41) is 6.90. The number of benzene rings is 1. The van der Waals surface area contributed by atoms with Crippen LogP contribution >= 0.6 is 0 Å². The Morgan fingerprint density at radius 3 is 2.28 bits per heavy atom. The monoisotopic (exact) mass is 348 g/mol. The number of ether oxygens (including phenoxy) is 2. The van der Waals surface area contributed by atoms with Crippen LogP contribution in [0, 0.1) is 0 Å². The van der Waals surface area contributed by atoms with E-state index in [2.05, 4.69) is 46.5 Å². The van der Waals surface area contributed by atoms with Crippen LogP contribution in [0.1, 0.15) is 33.1 Å². The van der Waals surface area contributed by atoms with Crippen molar-refractivity contribution in [2.45, 2.75) is 39.2 Å². The van der Waals surface area contributed by atoms with Crippen molar-refractivity contribution in [3.8, 4) is 11.5 Å². The summed E-state index contributed by atoms with van der Waals surface area (Å²) in [5.74, 6) is 2.59. The lowest BCUT2D eigenvalue weighted by Gasteiger charge is -2.34. The molecule has 0 aliphatic carbocycles. The molecule has 2 rings (SSSR count). The Morgan fingerprint density at radius 2 is 1.76 bits per heavy atom. The topological polar surface area (TPSA) is 58.1 Å². The number of rotatable bonds is 7. The lowest BCUT2D eigenvalue weighted by molar-refractivity contribution is 0.393. The molecular weight excluding hydrogens is 316 g/mol. The van der Waals surface area contributed by atoms with E-state index in [0.717, 1.165) is 68.6 Å². The molecule has 2 N–H and O–H groups in total. The molecule has 1 aliphatic heterocycles. The molecule has 0 spiro atoms. The largest absolute Gasteiger partial charge is 0.497 e. The molecule has 0 atom stereocenters. The lowest BCUT2D eigenvalue weighted by Crippen LogP contribution is -2.48. The average molecular weight is 348 g/mol. The van der Waals surface area contributed by atoms with Crippen molar-refractivity contribution in [1.82, 2.24) is 10.6 Å². The van der Waals surface area contributed by atoms with Gasteiger partial charge in [-0.25, -0.2) is 0 Å². The van der Waals surface area contributed by atoms with Crippen LogP contribution in [0.2, 0.25) is 0 Å². The van der Waals surface area contributed by atoms with Crippen molar-refractivity contribution in [1.29, 1.82) is 0 Å². The van der Waals surface area contributed by atoms with Crippen LogP contribution in [0.4, 0.5) is 5.69 Å². The van der Waals surface area contributed by atoms with Gasteiger partial charge in [-0.2, -0.15) is 0 Å². The summed E-state index contributed by atoms with van der Waals surface area (Å²) in [6.45, 7) is 7.99. The predicted molar refractivity (Wildman–Crippen MR) is 104 cm³/mol. The fourth-order valence-electron chi connectivity index (χ4n) is 2.99. The summed E-state index contributed by atoms with van der Waals surface area (Å²) in [7, 11) is 3.37. The van der Waals surface area contributed by atoms with Gasteiger partial charge in [0.25, 0.3) is 0 Å². The van der Waals surface area contributed by atoms with Crippen molar-refractivity contribution >= 4 is 11.6 Å². The van der Waals surface area contributed by atoms with E-state index in [0.29, 0.717) is 6.04 Å². The number of hydrogen-bond acceptors (Lipinski definition) is 4. The maximum atomic E-state index is 5.38. The summed E-state index contributed by atoms with van der Waals surface area (Å²) in [4.78, 5) is 6.98. The van der Waals surface area contributed by atoms with Gasteiger partial charge >= 0.3 is 0 Å². The number of piperidine rings is 1. The van der Waals surface area contributed by atoms with E-state index in [1.165, 1.54) is 0 Å². The zero-order valence-electron chi connectivity index (χ0n) is 16.0. The lowest BCUT2D eigenvalue weighted by atomic mass is 10.0. The Hall–Kier alpha value is -2.11. The number of nitrogens with zero attached hydrogens (tertiary/aromatic N) is 2. The van der Waals surface area contributed by atoms with Crippen LogP contribution < -0.4 is 25.0 Å². The molecule has 0 aromatic heterocycles. The maximum Gasteiger partial charge on any atom is 0.191 e. The summed E-state index contributed by atoms with van der Waals surface area (Å²) >= 11 is 0. The minimum absolute atomic E-state index is 0.457. The second kappa shape index (κ2) is 10.0. The third-order valence-corrected chi connectivity index (χ3v) is 4.37. The van der Waals surface area contributed by atoms with Crippen molar-refractivity contribution in [3.63, 3.8) is 0 Å². The number of guanidine groups is 1. The van der Waals surface area contributed by atoms with Gasteiger partial charge in [0.2, 0.25) is 0 Å². The van der Waals surface area contributed by atoms with Crippen LogP contribution in [0.25, 0.3) is 0 Å². The van der Waals surface area contributed by atoms with E-state index in [-0.39, 0.29) is 0 Å². The quantitative estimate of drug-likeness (QED) is 0.586. The number of hydrogen-bond donors (Lipinski definition) is 2. The molecule has 1 aromatic rings. The highest BCUT2D eigenvalue weighted by molar-refractivity contribution is 5.80. The number of nitrogens with one attached hydrogen (secondary N) is 2. The van der Waals surface area contributed by atoms with Gasteiger partial charge in [0.05, 0.1) is 14.2 Å². The first-order valence-electron chi connectivity index (χ1n) is 9.23. The molecule has 0 radical (unpaired) electrons. The fourth-order valence-corrected chi connectivity index (χ4v) is 2.99. The SMILES string of the molecule is CCCN=C(NCC)NC1CCN(c2cc(OC)cc(OC)c2)CC1. The van der Waals surface area contributed by atoms with Crippen LogP contribution in [-0.4, -0.2) is 52.4 Å².